The molecule has 38 heavy (non-hydrogen) atoms. The summed E-state index contributed by atoms with van der Waals surface area (Å²) in [5.41, 5.74) is 0.873. The Bertz CT molecular complexity index is 1060. The van der Waals surface area contributed by atoms with Gasteiger partial charge in [-0.3, -0.25) is 9.69 Å². The van der Waals surface area contributed by atoms with Crippen molar-refractivity contribution in [2.24, 2.45) is 0 Å². The van der Waals surface area contributed by atoms with E-state index in [9.17, 15) is 13.2 Å². The number of methoxy groups -OCH3 is 1. The van der Waals surface area contributed by atoms with Crippen molar-refractivity contribution in [3.05, 3.63) is 36.4 Å². The van der Waals surface area contributed by atoms with Crippen LogP contribution in [0.15, 0.2) is 30.2 Å². The Morgan fingerprint density at radius 3 is 2.32 bits per heavy atom. The molecule has 1 aliphatic carbocycles. The molecule has 1 saturated heterocycles. The molecular formula is C28H44N4O5S. The zero-order valence-electron chi connectivity index (χ0n) is 23.4. The lowest BCUT2D eigenvalue weighted by Crippen LogP contribution is -2.52. The average molecular weight is 549 g/mol. The van der Waals surface area contributed by atoms with Crippen LogP contribution in [0.3, 0.4) is 0 Å². The van der Waals surface area contributed by atoms with Gasteiger partial charge in [-0.15, -0.1) is 0 Å². The molecule has 1 aromatic rings. The van der Waals surface area contributed by atoms with E-state index < -0.39 is 10.0 Å². The lowest BCUT2D eigenvalue weighted by Gasteiger charge is -2.43. The molecule has 0 N–H and O–H groups in total. The van der Waals surface area contributed by atoms with E-state index in [-0.39, 0.29) is 36.6 Å². The minimum Gasteiger partial charge on any atom is -0.497 e. The Kier molecular flexibility index (Phi) is 10.9. The monoisotopic (exact) mass is 548 g/mol. The molecule has 212 valence electrons. The lowest BCUT2D eigenvalue weighted by molar-refractivity contribution is -0.138. The van der Waals surface area contributed by atoms with Crippen LogP contribution in [0.1, 0.15) is 36.8 Å². The summed E-state index contributed by atoms with van der Waals surface area (Å²) in [6.45, 7) is 12.0. The predicted octanol–water partition coefficient (Wildman–Crippen LogP) is 2.64. The van der Waals surface area contributed by atoms with E-state index >= 15 is 0 Å². The molecule has 2 atom stereocenters. The number of nitrogens with zero attached hydrogens (tertiary/aromatic N) is 4. The number of ether oxygens (including phenoxy) is 2. The Morgan fingerprint density at radius 2 is 1.74 bits per heavy atom. The molecule has 1 aromatic carbocycles. The first-order chi connectivity index (χ1) is 18.1. The summed E-state index contributed by atoms with van der Waals surface area (Å²) >= 11 is 0. The summed E-state index contributed by atoms with van der Waals surface area (Å²) in [7, 11) is 3.19. The van der Waals surface area contributed by atoms with Gasteiger partial charge in [0.15, 0.2) is 0 Å². The molecule has 3 rings (SSSR count). The van der Waals surface area contributed by atoms with Gasteiger partial charge in [-0.2, -0.15) is 4.31 Å². The molecule has 1 heterocycles. The minimum absolute atomic E-state index is 0.0710. The Hall–Kier alpha value is -2.24. The maximum Gasteiger partial charge on any atom is 0.248 e. The number of carbonyl (C=O) groups is 1. The van der Waals surface area contributed by atoms with Gasteiger partial charge in [0.05, 0.1) is 18.6 Å². The summed E-state index contributed by atoms with van der Waals surface area (Å²) < 4.78 is 38.9. The Labute approximate surface area is 228 Å². The number of piperazine rings is 1. The van der Waals surface area contributed by atoms with Gasteiger partial charge in [0, 0.05) is 58.9 Å². The van der Waals surface area contributed by atoms with Gasteiger partial charge >= 0.3 is 0 Å². The van der Waals surface area contributed by atoms with Gasteiger partial charge in [-0.25, -0.2) is 8.42 Å². The fourth-order valence-corrected chi connectivity index (χ4v) is 6.82. The molecule has 1 amide bonds. The van der Waals surface area contributed by atoms with E-state index in [1.54, 1.807) is 12.1 Å². The Balaban J connectivity index is 1.51. The maximum atomic E-state index is 13.4. The van der Waals surface area contributed by atoms with Gasteiger partial charge in [0.25, 0.3) is 0 Å². The van der Waals surface area contributed by atoms with Gasteiger partial charge in [-0.05, 0) is 56.0 Å². The predicted molar refractivity (Wildman–Crippen MR) is 152 cm³/mol. The molecule has 10 heteroatoms. The average Bonchev–Trinajstić information content (AvgIpc) is 2.94. The zero-order valence-corrected chi connectivity index (χ0v) is 24.2. The van der Waals surface area contributed by atoms with Crippen molar-refractivity contribution in [2.45, 2.75) is 42.7 Å². The third kappa shape index (κ3) is 7.24. The Morgan fingerprint density at radius 1 is 1.11 bits per heavy atom. The molecule has 9 nitrogen and oxygen atoms in total. The minimum atomic E-state index is -3.85. The molecule has 2 unspecified atom stereocenters. The topological polar surface area (TPSA) is 82.6 Å². The van der Waals surface area contributed by atoms with Gasteiger partial charge in [0.1, 0.15) is 12.4 Å². The SMILES string of the molecule is C=Cc1cc(OC)cc(C=C)c1S(=O)(=O)N(C)CCOCC(=O)N(C)C1CCCC(N2CCN(C)CC2)C1. The van der Waals surface area contributed by atoms with Gasteiger partial charge in [0.2, 0.25) is 15.9 Å². The second-order valence-corrected chi connectivity index (χ2v) is 12.2. The third-order valence-corrected chi connectivity index (χ3v) is 9.84. The van der Waals surface area contributed by atoms with Crippen LogP contribution in [0.2, 0.25) is 0 Å². The van der Waals surface area contributed by atoms with E-state index in [2.05, 4.69) is 30.0 Å². The van der Waals surface area contributed by atoms with Crippen molar-refractivity contribution in [3.63, 3.8) is 0 Å². The second kappa shape index (κ2) is 13.7. The molecule has 2 fully saturated rings. The van der Waals surface area contributed by atoms with Crippen LogP contribution < -0.4 is 4.74 Å². The summed E-state index contributed by atoms with van der Waals surface area (Å²) in [5.74, 6) is 0.452. The van der Waals surface area contributed by atoms with Crippen molar-refractivity contribution in [1.29, 1.82) is 0 Å². The van der Waals surface area contributed by atoms with Gasteiger partial charge < -0.3 is 19.3 Å². The van der Waals surface area contributed by atoms with E-state index in [1.807, 2.05) is 11.9 Å². The van der Waals surface area contributed by atoms with Crippen LogP contribution in [0.4, 0.5) is 0 Å². The lowest BCUT2D eigenvalue weighted by atomic mass is 9.88. The van der Waals surface area contributed by atoms with Crippen molar-refractivity contribution >= 4 is 28.1 Å². The number of hydrogen-bond acceptors (Lipinski definition) is 7. The van der Waals surface area contributed by atoms with Crippen molar-refractivity contribution in [2.75, 3.05) is 74.2 Å². The number of benzene rings is 1. The molecule has 0 spiro atoms. The van der Waals surface area contributed by atoms with Crippen molar-refractivity contribution in [1.82, 2.24) is 19.0 Å². The largest absolute Gasteiger partial charge is 0.497 e. The molecule has 0 radical (unpaired) electrons. The highest BCUT2D eigenvalue weighted by molar-refractivity contribution is 7.89. The van der Waals surface area contributed by atoms with E-state index in [1.165, 1.54) is 37.0 Å². The van der Waals surface area contributed by atoms with E-state index in [4.69, 9.17) is 9.47 Å². The van der Waals surface area contributed by atoms with E-state index in [0.29, 0.717) is 22.9 Å². The third-order valence-electron chi connectivity index (χ3n) is 7.85. The van der Waals surface area contributed by atoms with Crippen LogP contribution in [-0.2, 0) is 19.6 Å². The molecule has 2 aliphatic rings. The summed E-state index contributed by atoms with van der Waals surface area (Å²) in [6, 6.07) is 3.99. The summed E-state index contributed by atoms with van der Waals surface area (Å²) in [6.07, 6.45) is 7.28. The van der Waals surface area contributed by atoms with Crippen LogP contribution in [0.5, 0.6) is 5.75 Å². The van der Waals surface area contributed by atoms with Crippen molar-refractivity contribution in [3.8, 4) is 5.75 Å². The first-order valence-corrected chi connectivity index (χ1v) is 14.8. The number of likely N-dealkylation sites (N-methyl/N-ethyl adjacent to an activating group) is 3. The fraction of sp³-hybridized carbons (Fsp3) is 0.607. The highest BCUT2D eigenvalue weighted by Crippen LogP contribution is 2.30. The summed E-state index contributed by atoms with van der Waals surface area (Å²) in [4.78, 5) is 19.8. The standard InChI is InChI=1S/C28H44N4O5S/c1-7-22-18-26(36-6)19-23(8-2)28(22)38(34,35)30(4)16-17-37-21-27(33)31(5)24-10-9-11-25(20-24)32-14-12-29(3)13-15-32/h7-8,18-19,24-25H,1-2,9-17,20-21H2,3-6H3. The van der Waals surface area contributed by atoms with Crippen LogP contribution in [-0.4, -0.2) is 120 Å². The highest BCUT2D eigenvalue weighted by atomic mass is 32.2. The van der Waals surface area contributed by atoms with Gasteiger partial charge in [-0.1, -0.05) is 25.3 Å². The fourth-order valence-electron chi connectivity index (χ4n) is 5.31. The molecule has 1 saturated carbocycles. The number of hydrogen-bond donors (Lipinski definition) is 0. The number of rotatable bonds is 12. The molecule has 0 bridgehead atoms. The zero-order chi connectivity index (χ0) is 27.9. The number of amides is 1. The quantitative estimate of drug-likeness (QED) is 0.372. The normalized spacial score (nSPS) is 21.3. The molecular weight excluding hydrogens is 504 g/mol. The first-order valence-electron chi connectivity index (χ1n) is 13.3. The van der Waals surface area contributed by atoms with E-state index in [0.717, 1.165) is 45.4 Å². The molecule has 0 aromatic heterocycles. The van der Waals surface area contributed by atoms with Crippen molar-refractivity contribution < 1.29 is 22.7 Å². The maximum absolute atomic E-state index is 13.4. The van der Waals surface area contributed by atoms with Crippen LogP contribution in [0.25, 0.3) is 12.2 Å². The van der Waals surface area contributed by atoms with Crippen LogP contribution >= 0.6 is 0 Å². The first kappa shape index (κ1) is 30.3. The summed E-state index contributed by atoms with van der Waals surface area (Å²) in [5, 5.41) is 0. The smallest absolute Gasteiger partial charge is 0.248 e. The number of carbonyl (C=O) groups excluding carboxylic acids is 1. The number of sulfonamides is 1. The van der Waals surface area contributed by atoms with Crippen LogP contribution in [0, 0.1) is 0 Å². The molecule has 1 aliphatic heterocycles. The second-order valence-electron chi connectivity index (χ2n) is 10.2. The highest BCUT2D eigenvalue weighted by Gasteiger charge is 2.32.